The van der Waals surface area contributed by atoms with Crippen molar-refractivity contribution in [1.29, 1.82) is 0 Å². The normalized spacial score (nSPS) is 31.3. The molecule has 6 heteroatoms. The maximum absolute atomic E-state index is 12.6. The van der Waals surface area contributed by atoms with Crippen LogP contribution in [-0.4, -0.2) is 49.6 Å². The van der Waals surface area contributed by atoms with Crippen LogP contribution in [0.15, 0.2) is 36.4 Å². The molecule has 0 bridgehead atoms. The van der Waals surface area contributed by atoms with Gasteiger partial charge in [-0.3, -0.25) is 9.59 Å². The summed E-state index contributed by atoms with van der Waals surface area (Å²) in [7, 11) is 0. The van der Waals surface area contributed by atoms with Crippen LogP contribution in [0.5, 0.6) is 0 Å². The second-order valence-electron chi connectivity index (χ2n) is 7.72. The zero-order chi connectivity index (χ0) is 18.1. The lowest BCUT2D eigenvalue weighted by Crippen LogP contribution is -3.28. The van der Waals surface area contributed by atoms with E-state index < -0.39 is 0 Å². The van der Waals surface area contributed by atoms with Crippen LogP contribution >= 0.6 is 11.6 Å². The number of allylic oxidation sites excluding steroid dienone is 2. The highest BCUT2D eigenvalue weighted by atomic mass is 35.5. The van der Waals surface area contributed by atoms with Crippen LogP contribution in [0, 0.1) is 11.8 Å². The molecule has 0 radical (unpaired) electrons. The second-order valence-corrected chi connectivity index (χ2v) is 8.16. The van der Waals surface area contributed by atoms with Crippen LogP contribution in [0.25, 0.3) is 0 Å². The lowest BCUT2D eigenvalue weighted by atomic mass is 9.85. The van der Waals surface area contributed by atoms with E-state index in [2.05, 4.69) is 12.1 Å². The smallest absolute Gasteiger partial charge is 0.237 e. The minimum absolute atomic E-state index is 0.0489. The summed E-state index contributed by atoms with van der Waals surface area (Å²) < 4.78 is 0. The first-order valence-electron chi connectivity index (χ1n) is 9.53. The molecule has 0 aromatic heterocycles. The highest BCUT2D eigenvalue weighted by molar-refractivity contribution is 6.30. The molecular formula is C20H26ClN3O2+2. The van der Waals surface area contributed by atoms with Crippen molar-refractivity contribution in [2.45, 2.75) is 19.4 Å². The predicted molar refractivity (Wildman–Crippen MR) is 98.6 cm³/mol. The third-order valence-corrected chi connectivity index (χ3v) is 6.26. The van der Waals surface area contributed by atoms with E-state index in [1.807, 2.05) is 24.3 Å². The van der Waals surface area contributed by atoms with E-state index in [4.69, 9.17) is 11.6 Å². The van der Waals surface area contributed by atoms with Crippen LogP contribution < -0.4 is 9.80 Å². The van der Waals surface area contributed by atoms with Crippen molar-refractivity contribution in [2.75, 3.05) is 32.8 Å². The van der Waals surface area contributed by atoms with Crippen molar-refractivity contribution in [3.8, 4) is 0 Å². The molecule has 2 fully saturated rings. The number of carbonyl (C=O) groups is 2. The molecule has 5 nitrogen and oxygen atoms in total. The molecule has 138 valence electrons. The number of hydrogen-bond donors (Lipinski definition) is 2. The van der Waals surface area contributed by atoms with Gasteiger partial charge in [0.25, 0.3) is 0 Å². The van der Waals surface area contributed by atoms with Gasteiger partial charge >= 0.3 is 0 Å². The summed E-state index contributed by atoms with van der Waals surface area (Å²) in [5.74, 6) is -0.118. The van der Waals surface area contributed by atoms with Gasteiger partial charge in [0, 0.05) is 10.6 Å². The van der Waals surface area contributed by atoms with E-state index >= 15 is 0 Å². The van der Waals surface area contributed by atoms with Gasteiger partial charge in [-0.2, -0.15) is 0 Å². The molecule has 2 N–H and O–H groups in total. The van der Waals surface area contributed by atoms with Crippen LogP contribution in [0.2, 0.25) is 5.02 Å². The Morgan fingerprint density at radius 2 is 1.42 bits per heavy atom. The molecule has 1 aromatic carbocycles. The Labute approximate surface area is 159 Å². The maximum Gasteiger partial charge on any atom is 0.237 e. The quantitative estimate of drug-likeness (QED) is 0.552. The Bertz CT molecular complexity index is 684. The average Bonchev–Trinajstić information content (AvgIpc) is 2.90. The molecule has 2 heterocycles. The molecule has 4 rings (SSSR count). The summed E-state index contributed by atoms with van der Waals surface area (Å²) in [5, 5.41) is 0.772. The standard InChI is InChI=1S/C20H24ClN3O2/c21-16-7-5-15(6-8-16)13-22-9-11-23(12-10-22)14-24-19(25)17-3-1-2-4-18(17)20(24)26/h1-2,5-8,17-18H,3-4,9-14H2/p+2/t17-,18-/m1/s1. The van der Waals surface area contributed by atoms with Crippen molar-refractivity contribution in [2.24, 2.45) is 11.8 Å². The number of fused-ring (bicyclic) bond motifs is 1. The van der Waals surface area contributed by atoms with E-state index in [0.29, 0.717) is 6.67 Å². The third kappa shape index (κ3) is 3.56. The molecule has 1 aromatic rings. The number of quaternary nitrogens is 2. The molecular weight excluding hydrogens is 350 g/mol. The van der Waals surface area contributed by atoms with Gasteiger partial charge in [0.2, 0.25) is 11.8 Å². The van der Waals surface area contributed by atoms with Crippen molar-refractivity contribution < 1.29 is 19.4 Å². The van der Waals surface area contributed by atoms with E-state index in [-0.39, 0.29) is 23.7 Å². The molecule has 2 aliphatic heterocycles. The lowest BCUT2D eigenvalue weighted by Gasteiger charge is -2.31. The van der Waals surface area contributed by atoms with Gasteiger partial charge < -0.3 is 9.80 Å². The van der Waals surface area contributed by atoms with E-state index in [1.54, 1.807) is 9.80 Å². The lowest BCUT2D eigenvalue weighted by molar-refractivity contribution is -1.02. The number of likely N-dealkylation sites (tertiary alicyclic amines) is 1. The molecule has 0 saturated carbocycles. The first-order valence-corrected chi connectivity index (χ1v) is 9.91. The number of nitrogens with one attached hydrogen (secondary N) is 2. The molecule has 3 aliphatic rings. The SMILES string of the molecule is O=C1[C@@H]2CC=CC[C@H]2C(=O)N1C[NH+]1CC[NH+](Cc2ccc(Cl)cc2)CC1. The summed E-state index contributed by atoms with van der Waals surface area (Å²) in [4.78, 5) is 29.6. The number of hydrogen-bond acceptors (Lipinski definition) is 2. The van der Waals surface area contributed by atoms with Crippen LogP contribution in [0.1, 0.15) is 18.4 Å². The maximum atomic E-state index is 12.6. The minimum atomic E-state index is -0.108. The largest absolute Gasteiger partial charge is 0.322 e. The molecule has 2 saturated heterocycles. The first-order chi connectivity index (χ1) is 12.6. The average molecular weight is 376 g/mol. The number of imide groups is 1. The van der Waals surface area contributed by atoms with E-state index in [0.717, 1.165) is 50.6 Å². The van der Waals surface area contributed by atoms with Crippen molar-refractivity contribution in [1.82, 2.24) is 4.90 Å². The summed E-state index contributed by atoms with van der Waals surface area (Å²) in [6, 6.07) is 8.06. The Hall–Kier alpha value is -1.69. The summed E-state index contributed by atoms with van der Waals surface area (Å²) in [5.41, 5.74) is 1.30. The fourth-order valence-corrected chi connectivity index (χ4v) is 4.56. The number of rotatable bonds is 4. The zero-order valence-electron chi connectivity index (χ0n) is 14.9. The minimum Gasteiger partial charge on any atom is -0.322 e. The Morgan fingerprint density at radius 3 is 2.00 bits per heavy atom. The number of benzene rings is 1. The van der Waals surface area contributed by atoms with Gasteiger partial charge in [-0.1, -0.05) is 35.9 Å². The third-order valence-electron chi connectivity index (χ3n) is 6.01. The monoisotopic (exact) mass is 375 g/mol. The van der Waals surface area contributed by atoms with Gasteiger partial charge in [0.1, 0.15) is 32.7 Å². The van der Waals surface area contributed by atoms with E-state index in [9.17, 15) is 9.59 Å². The van der Waals surface area contributed by atoms with Crippen LogP contribution in [0.4, 0.5) is 0 Å². The van der Waals surface area contributed by atoms with Gasteiger partial charge in [-0.25, -0.2) is 4.90 Å². The van der Waals surface area contributed by atoms with Crippen LogP contribution in [0.3, 0.4) is 0 Å². The van der Waals surface area contributed by atoms with Crippen LogP contribution in [-0.2, 0) is 16.1 Å². The zero-order valence-corrected chi connectivity index (χ0v) is 15.7. The molecule has 0 unspecified atom stereocenters. The Balaban J connectivity index is 1.29. The number of nitrogens with zero attached hydrogens (tertiary/aromatic N) is 1. The number of piperazine rings is 1. The van der Waals surface area contributed by atoms with Gasteiger partial charge in [0.15, 0.2) is 6.67 Å². The Kier molecular flexibility index (Phi) is 5.11. The van der Waals surface area contributed by atoms with Gasteiger partial charge in [-0.05, 0) is 25.0 Å². The predicted octanol–water partition coefficient (Wildman–Crippen LogP) is -0.468. The van der Waals surface area contributed by atoms with Crippen molar-refractivity contribution in [3.63, 3.8) is 0 Å². The molecule has 1 aliphatic carbocycles. The highest BCUT2D eigenvalue weighted by Crippen LogP contribution is 2.34. The van der Waals surface area contributed by atoms with Crippen molar-refractivity contribution >= 4 is 23.4 Å². The molecule has 26 heavy (non-hydrogen) atoms. The topological polar surface area (TPSA) is 46.3 Å². The van der Waals surface area contributed by atoms with Gasteiger partial charge in [0.05, 0.1) is 11.8 Å². The summed E-state index contributed by atoms with van der Waals surface area (Å²) in [6.45, 7) is 5.65. The molecule has 2 atom stereocenters. The highest BCUT2D eigenvalue weighted by Gasteiger charge is 2.48. The fourth-order valence-electron chi connectivity index (χ4n) is 4.43. The fraction of sp³-hybridized carbons (Fsp3) is 0.500. The summed E-state index contributed by atoms with van der Waals surface area (Å²) in [6.07, 6.45) is 5.53. The first kappa shape index (κ1) is 17.7. The number of amides is 2. The molecule has 0 spiro atoms. The summed E-state index contributed by atoms with van der Waals surface area (Å²) >= 11 is 5.95. The second kappa shape index (κ2) is 7.51. The Morgan fingerprint density at radius 1 is 0.885 bits per heavy atom. The van der Waals surface area contributed by atoms with E-state index in [1.165, 1.54) is 10.5 Å². The van der Waals surface area contributed by atoms with Crippen molar-refractivity contribution in [3.05, 3.63) is 47.0 Å². The number of halogens is 1. The van der Waals surface area contributed by atoms with Gasteiger partial charge in [-0.15, -0.1) is 0 Å². The number of carbonyl (C=O) groups excluding carboxylic acids is 2. The molecule has 2 amide bonds.